The van der Waals surface area contributed by atoms with E-state index in [9.17, 15) is 14.4 Å². The van der Waals surface area contributed by atoms with Crippen molar-refractivity contribution >= 4 is 56.7 Å². The minimum absolute atomic E-state index is 0.285. The number of pyridine rings is 1. The number of hydrogen-bond donors (Lipinski definition) is 1. The zero-order valence-corrected chi connectivity index (χ0v) is 17.4. The van der Waals surface area contributed by atoms with Crippen LogP contribution >= 0.6 is 22.9 Å². The highest BCUT2D eigenvalue weighted by molar-refractivity contribution is 7.16. The van der Waals surface area contributed by atoms with Crippen LogP contribution in [0.15, 0.2) is 30.3 Å². The lowest BCUT2D eigenvalue weighted by Gasteiger charge is -2.08. The SMILES string of the molecule is COC(=O)c1c(NC(=O)COC(=O)c2ccc3nc(Cl)ccc3c2)sc(C)c1C. The first-order valence-electron chi connectivity index (χ1n) is 8.51. The minimum atomic E-state index is -0.649. The van der Waals surface area contributed by atoms with E-state index in [1.165, 1.54) is 18.4 Å². The smallest absolute Gasteiger partial charge is 0.341 e. The molecule has 2 aromatic heterocycles. The van der Waals surface area contributed by atoms with Gasteiger partial charge in [0, 0.05) is 10.3 Å². The number of nitrogens with one attached hydrogen (secondary N) is 1. The summed E-state index contributed by atoms with van der Waals surface area (Å²) in [6, 6.07) is 8.17. The van der Waals surface area contributed by atoms with E-state index < -0.39 is 24.5 Å². The van der Waals surface area contributed by atoms with E-state index in [4.69, 9.17) is 21.1 Å². The van der Waals surface area contributed by atoms with E-state index in [0.717, 1.165) is 15.8 Å². The van der Waals surface area contributed by atoms with E-state index in [1.54, 1.807) is 37.3 Å². The number of carbonyl (C=O) groups is 3. The molecule has 0 spiro atoms. The number of aryl methyl sites for hydroxylation is 1. The number of amides is 1. The van der Waals surface area contributed by atoms with Gasteiger partial charge in [0.1, 0.15) is 10.2 Å². The molecule has 1 aromatic carbocycles. The van der Waals surface area contributed by atoms with Gasteiger partial charge in [0.15, 0.2) is 6.61 Å². The number of thiophene rings is 1. The molecule has 1 amide bonds. The third-order valence-electron chi connectivity index (χ3n) is 4.25. The lowest BCUT2D eigenvalue weighted by molar-refractivity contribution is -0.119. The zero-order valence-electron chi connectivity index (χ0n) is 15.9. The molecule has 0 atom stereocenters. The van der Waals surface area contributed by atoms with Gasteiger partial charge in [0.2, 0.25) is 0 Å². The van der Waals surface area contributed by atoms with Gasteiger partial charge in [-0.15, -0.1) is 11.3 Å². The van der Waals surface area contributed by atoms with E-state index >= 15 is 0 Å². The first-order valence-corrected chi connectivity index (χ1v) is 9.71. The van der Waals surface area contributed by atoms with Gasteiger partial charge in [0.25, 0.3) is 5.91 Å². The lowest BCUT2D eigenvalue weighted by atomic mass is 10.1. The van der Waals surface area contributed by atoms with Crippen molar-refractivity contribution in [3.8, 4) is 0 Å². The maximum atomic E-state index is 12.3. The first kappa shape index (κ1) is 20.8. The average Bonchev–Trinajstić information content (AvgIpc) is 2.98. The molecule has 0 saturated carbocycles. The van der Waals surface area contributed by atoms with Crippen molar-refractivity contribution in [3.63, 3.8) is 0 Å². The highest BCUT2D eigenvalue weighted by Gasteiger charge is 2.22. The molecule has 0 radical (unpaired) electrons. The normalized spacial score (nSPS) is 10.6. The van der Waals surface area contributed by atoms with Gasteiger partial charge in [-0.25, -0.2) is 14.6 Å². The van der Waals surface area contributed by atoms with Crippen LogP contribution in [-0.2, 0) is 14.3 Å². The van der Waals surface area contributed by atoms with Gasteiger partial charge < -0.3 is 14.8 Å². The topological polar surface area (TPSA) is 94.6 Å². The Kier molecular flexibility index (Phi) is 6.14. The summed E-state index contributed by atoms with van der Waals surface area (Å²) < 4.78 is 9.86. The van der Waals surface area contributed by atoms with Crippen molar-refractivity contribution in [2.45, 2.75) is 13.8 Å². The Labute approximate surface area is 175 Å². The summed E-state index contributed by atoms with van der Waals surface area (Å²) in [5.41, 5.74) is 1.97. The Bertz CT molecular complexity index is 1130. The number of nitrogens with zero attached hydrogens (tertiary/aromatic N) is 1. The quantitative estimate of drug-likeness (QED) is 0.480. The van der Waals surface area contributed by atoms with Crippen molar-refractivity contribution < 1.29 is 23.9 Å². The molecule has 7 nitrogen and oxygen atoms in total. The van der Waals surface area contributed by atoms with Crippen molar-refractivity contribution in [2.75, 3.05) is 19.0 Å². The summed E-state index contributed by atoms with van der Waals surface area (Å²) in [7, 11) is 1.27. The Morgan fingerprint density at radius 2 is 1.90 bits per heavy atom. The van der Waals surface area contributed by atoms with Crippen LogP contribution in [0.4, 0.5) is 5.00 Å². The Hall–Kier alpha value is -2.97. The summed E-state index contributed by atoms with van der Waals surface area (Å²) in [4.78, 5) is 41.5. The molecule has 29 heavy (non-hydrogen) atoms. The molecule has 0 unspecified atom stereocenters. The predicted molar refractivity (Wildman–Crippen MR) is 111 cm³/mol. The van der Waals surface area contributed by atoms with E-state index in [2.05, 4.69) is 10.3 Å². The van der Waals surface area contributed by atoms with Crippen LogP contribution < -0.4 is 5.32 Å². The van der Waals surface area contributed by atoms with Crippen molar-refractivity contribution in [3.05, 3.63) is 57.1 Å². The summed E-state index contributed by atoms with van der Waals surface area (Å²) in [6.45, 7) is 3.12. The van der Waals surface area contributed by atoms with Crippen molar-refractivity contribution in [1.29, 1.82) is 0 Å². The number of esters is 2. The van der Waals surface area contributed by atoms with E-state index in [-0.39, 0.29) is 5.56 Å². The third kappa shape index (κ3) is 4.55. The summed E-state index contributed by atoms with van der Waals surface area (Å²) in [5, 5.41) is 4.05. The van der Waals surface area contributed by atoms with E-state index in [0.29, 0.717) is 21.2 Å². The Balaban J connectivity index is 1.67. The maximum Gasteiger partial charge on any atom is 0.341 e. The number of anilines is 1. The molecule has 0 aliphatic rings. The molecular formula is C20H17ClN2O5S. The van der Waals surface area contributed by atoms with Crippen molar-refractivity contribution in [1.82, 2.24) is 4.98 Å². The molecule has 3 aromatic rings. The Morgan fingerprint density at radius 1 is 1.14 bits per heavy atom. The van der Waals surface area contributed by atoms with Crippen LogP contribution in [0.5, 0.6) is 0 Å². The molecule has 2 heterocycles. The van der Waals surface area contributed by atoms with Crippen LogP contribution in [0.25, 0.3) is 10.9 Å². The standard InChI is InChI=1S/C20H17ClN2O5S/c1-10-11(2)29-18(17(10)20(26)27-3)23-16(24)9-28-19(25)13-4-6-14-12(8-13)5-7-15(21)22-14/h4-8H,9H2,1-3H3,(H,23,24). The molecular weight excluding hydrogens is 416 g/mol. The third-order valence-corrected chi connectivity index (χ3v) is 5.59. The predicted octanol–water partition coefficient (Wildman–Crippen LogP) is 4.15. The fourth-order valence-corrected chi connectivity index (χ4v) is 3.89. The Morgan fingerprint density at radius 3 is 2.62 bits per heavy atom. The van der Waals surface area contributed by atoms with Crippen LogP contribution in [-0.4, -0.2) is 36.5 Å². The fourth-order valence-electron chi connectivity index (χ4n) is 2.67. The molecule has 1 N–H and O–H groups in total. The fraction of sp³-hybridized carbons (Fsp3) is 0.200. The molecule has 3 rings (SSSR count). The number of rotatable bonds is 5. The summed E-state index contributed by atoms with van der Waals surface area (Å²) in [6.07, 6.45) is 0. The monoisotopic (exact) mass is 432 g/mol. The first-order chi connectivity index (χ1) is 13.8. The van der Waals surface area contributed by atoms with Crippen LogP contribution in [0.2, 0.25) is 5.15 Å². The highest BCUT2D eigenvalue weighted by Crippen LogP contribution is 2.32. The second-order valence-corrected chi connectivity index (χ2v) is 7.76. The highest BCUT2D eigenvalue weighted by atomic mass is 35.5. The van der Waals surface area contributed by atoms with Gasteiger partial charge in [-0.2, -0.15) is 0 Å². The molecule has 0 bridgehead atoms. The summed E-state index contributed by atoms with van der Waals surface area (Å²) >= 11 is 7.10. The van der Waals surface area contributed by atoms with Gasteiger partial charge in [-0.05, 0) is 49.7 Å². The number of methoxy groups -OCH3 is 1. The largest absolute Gasteiger partial charge is 0.465 e. The average molecular weight is 433 g/mol. The second kappa shape index (κ2) is 8.59. The maximum absolute atomic E-state index is 12.3. The molecule has 0 saturated heterocycles. The number of aromatic nitrogens is 1. The van der Waals surface area contributed by atoms with Crippen molar-refractivity contribution in [2.24, 2.45) is 0 Å². The molecule has 0 fully saturated rings. The minimum Gasteiger partial charge on any atom is -0.465 e. The van der Waals surface area contributed by atoms with Gasteiger partial charge in [-0.3, -0.25) is 4.79 Å². The molecule has 0 aliphatic carbocycles. The van der Waals surface area contributed by atoms with E-state index in [1.807, 2.05) is 6.92 Å². The van der Waals surface area contributed by atoms with Gasteiger partial charge in [0.05, 0.1) is 23.8 Å². The molecule has 150 valence electrons. The number of hydrogen-bond acceptors (Lipinski definition) is 7. The number of benzene rings is 1. The van der Waals surface area contributed by atoms with Crippen LogP contribution in [0, 0.1) is 13.8 Å². The van der Waals surface area contributed by atoms with Gasteiger partial charge >= 0.3 is 11.9 Å². The second-order valence-electron chi connectivity index (χ2n) is 6.14. The van der Waals surface area contributed by atoms with Gasteiger partial charge in [-0.1, -0.05) is 11.6 Å². The molecule has 0 aliphatic heterocycles. The zero-order chi connectivity index (χ0) is 21.1. The number of fused-ring (bicyclic) bond motifs is 1. The van der Waals surface area contributed by atoms with Crippen LogP contribution in [0.3, 0.4) is 0 Å². The van der Waals surface area contributed by atoms with Crippen LogP contribution in [0.1, 0.15) is 31.2 Å². The number of halogens is 1. The molecule has 9 heteroatoms. The number of ether oxygens (including phenoxy) is 2. The summed E-state index contributed by atoms with van der Waals surface area (Å²) in [5.74, 6) is -1.74. The lowest BCUT2D eigenvalue weighted by Crippen LogP contribution is -2.21. The number of carbonyl (C=O) groups excluding carboxylic acids is 3.